The Kier molecular flexibility index (Phi) is 2.36. The quantitative estimate of drug-likeness (QED) is 0.564. The van der Waals surface area contributed by atoms with E-state index in [9.17, 15) is 10.1 Å². The molecule has 1 fully saturated rings. The Hall–Kier alpha value is -1.92. The minimum Gasteiger partial charge on any atom is -0.378 e. The zero-order valence-electron chi connectivity index (χ0n) is 8.09. The Labute approximate surface area is 86.1 Å². The summed E-state index contributed by atoms with van der Waals surface area (Å²) in [5, 5.41) is 10.5. The fourth-order valence-corrected chi connectivity index (χ4v) is 1.59. The first-order valence-electron chi connectivity index (χ1n) is 4.70. The van der Waals surface area contributed by atoms with Crippen molar-refractivity contribution in [1.29, 1.82) is 0 Å². The third kappa shape index (κ3) is 1.80. The smallest absolute Gasteiger partial charge is 0.329 e. The van der Waals surface area contributed by atoms with Gasteiger partial charge in [-0.2, -0.15) is 4.98 Å². The maximum absolute atomic E-state index is 10.5. The van der Waals surface area contributed by atoms with Crippen LogP contribution in [-0.4, -0.2) is 28.0 Å². The third-order valence-corrected chi connectivity index (χ3v) is 2.37. The van der Waals surface area contributed by atoms with Crippen molar-refractivity contribution in [1.82, 2.24) is 9.97 Å². The maximum atomic E-state index is 10.5. The number of rotatable bonds is 2. The lowest BCUT2D eigenvalue weighted by molar-refractivity contribution is -0.384. The molecular formula is C8H11N5O2. The van der Waals surface area contributed by atoms with E-state index >= 15 is 0 Å². The molecule has 0 spiro atoms. The molecule has 2 rings (SSSR count). The van der Waals surface area contributed by atoms with E-state index in [1.54, 1.807) is 0 Å². The molecule has 0 atom stereocenters. The van der Waals surface area contributed by atoms with Crippen molar-refractivity contribution in [3.8, 4) is 0 Å². The predicted octanol–water partition coefficient (Wildman–Crippen LogP) is 0.567. The lowest BCUT2D eigenvalue weighted by atomic mass is 10.4. The highest BCUT2D eigenvalue weighted by Crippen LogP contribution is 2.22. The summed E-state index contributed by atoms with van der Waals surface area (Å²) in [5.41, 5.74) is 5.23. The molecule has 1 aliphatic heterocycles. The molecule has 7 heteroatoms. The number of nitrogen functional groups attached to an aromatic ring is 1. The van der Waals surface area contributed by atoms with Crippen LogP contribution < -0.4 is 10.6 Å². The number of nitro groups is 1. The van der Waals surface area contributed by atoms with E-state index in [0.717, 1.165) is 32.1 Å². The van der Waals surface area contributed by atoms with Gasteiger partial charge in [0.2, 0.25) is 11.8 Å². The summed E-state index contributed by atoms with van der Waals surface area (Å²) in [7, 11) is 0. The van der Waals surface area contributed by atoms with E-state index in [2.05, 4.69) is 9.97 Å². The summed E-state index contributed by atoms with van der Waals surface area (Å²) >= 11 is 0. The van der Waals surface area contributed by atoms with Crippen LogP contribution in [0.5, 0.6) is 0 Å². The van der Waals surface area contributed by atoms with E-state index in [-0.39, 0.29) is 11.5 Å². The summed E-state index contributed by atoms with van der Waals surface area (Å²) < 4.78 is 0. The molecule has 0 aliphatic carbocycles. The summed E-state index contributed by atoms with van der Waals surface area (Å²) in [5.74, 6) is 0.410. The van der Waals surface area contributed by atoms with E-state index < -0.39 is 4.92 Å². The Balaban J connectivity index is 2.28. The molecule has 7 nitrogen and oxygen atoms in total. The molecule has 1 aromatic heterocycles. The van der Waals surface area contributed by atoms with Gasteiger partial charge in [-0.3, -0.25) is 10.1 Å². The molecule has 1 saturated heterocycles. The van der Waals surface area contributed by atoms with Crippen LogP contribution in [0.1, 0.15) is 12.8 Å². The van der Waals surface area contributed by atoms with Crippen molar-refractivity contribution in [2.45, 2.75) is 12.8 Å². The van der Waals surface area contributed by atoms with Crippen LogP contribution in [0.4, 0.5) is 17.5 Å². The molecule has 0 radical (unpaired) electrons. The topological polar surface area (TPSA) is 98.2 Å². The predicted molar refractivity (Wildman–Crippen MR) is 54.5 cm³/mol. The van der Waals surface area contributed by atoms with Gasteiger partial charge in [0, 0.05) is 13.1 Å². The summed E-state index contributed by atoms with van der Waals surface area (Å²) in [6.07, 6.45) is 3.36. The highest BCUT2D eigenvalue weighted by molar-refractivity contribution is 5.53. The van der Waals surface area contributed by atoms with Crippen LogP contribution in [0, 0.1) is 10.1 Å². The highest BCUT2D eigenvalue weighted by Gasteiger charge is 2.19. The first-order chi connectivity index (χ1) is 7.18. The number of nitrogens with two attached hydrogens (primary N) is 1. The van der Waals surface area contributed by atoms with Crippen LogP contribution in [0.3, 0.4) is 0 Å². The average molecular weight is 209 g/mol. The van der Waals surface area contributed by atoms with Gasteiger partial charge in [0.1, 0.15) is 6.20 Å². The number of hydrogen-bond donors (Lipinski definition) is 1. The second kappa shape index (κ2) is 3.68. The standard InChI is InChI=1S/C8H11N5O2/c9-7-6(13(14)15)5-10-8(11-7)12-3-1-2-4-12/h5H,1-4H2,(H2,9,10,11). The fraction of sp³-hybridized carbons (Fsp3) is 0.500. The van der Waals surface area contributed by atoms with Crippen molar-refractivity contribution in [3.63, 3.8) is 0 Å². The van der Waals surface area contributed by atoms with Crippen LogP contribution >= 0.6 is 0 Å². The van der Waals surface area contributed by atoms with Crippen molar-refractivity contribution in [3.05, 3.63) is 16.3 Å². The molecule has 0 unspecified atom stereocenters. The van der Waals surface area contributed by atoms with Gasteiger partial charge in [-0.05, 0) is 12.8 Å². The monoisotopic (exact) mass is 209 g/mol. The van der Waals surface area contributed by atoms with Crippen molar-refractivity contribution >= 4 is 17.5 Å². The second-order valence-corrected chi connectivity index (χ2v) is 3.39. The fourth-order valence-electron chi connectivity index (χ4n) is 1.59. The number of anilines is 2. The minimum absolute atomic E-state index is 0.0723. The van der Waals surface area contributed by atoms with Gasteiger partial charge in [0.25, 0.3) is 0 Å². The molecule has 1 aromatic rings. The zero-order chi connectivity index (χ0) is 10.8. The molecule has 15 heavy (non-hydrogen) atoms. The number of hydrogen-bond acceptors (Lipinski definition) is 6. The SMILES string of the molecule is Nc1nc(N2CCCC2)ncc1[N+](=O)[O-]. The molecule has 1 aliphatic rings. The summed E-state index contributed by atoms with van der Waals surface area (Å²) in [4.78, 5) is 19.7. The molecule has 0 aromatic carbocycles. The van der Waals surface area contributed by atoms with Crippen LogP contribution in [0.25, 0.3) is 0 Å². The zero-order valence-corrected chi connectivity index (χ0v) is 8.09. The van der Waals surface area contributed by atoms with Crippen molar-refractivity contribution in [2.24, 2.45) is 0 Å². The van der Waals surface area contributed by atoms with Crippen molar-refractivity contribution in [2.75, 3.05) is 23.7 Å². The van der Waals surface area contributed by atoms with Gasteiger partial charge in [0.05, 0.1) is 4.92 Å². The summed E-state index contributed by atoms with van der Waals surface area (Å²) in [6.45, 7) is 1.77. The Morgan fingerprint density at radius 3 is 2.67 bits per heavy atom. The van der Waals surface area contributed by atoms with Gasteiger partial charge in [0.15, 0.2) is 0 Å². The van der Waals surface area contributed by atoms with Crippen LogP contribution in [-0.2, 0) is 0 Å². The highest BCUT2D eigenvalue weighted by atomic mass is 16.6. The van der Waals surface area contributed by atoms with E-state index in [4.69, 9.17) is 5.73 Å². The molecule has 2 heterocycles. The van der Waals surface area contributed by atoms with Gasteiger partial charge in [-0.15, -0.1) is 0 Å². The third-order valence-electron chi connectivity index (χ3n) is 2.37. The van der Waals surface area contributed by atoms with Gasteiger partial charge in [-0.25, -0.2) is 4.98 Å². The molecule has 0 amide bonds. The van der Waals surface area contributed by atoms with Gasteiger partial charge < -0.3 is 10.6 Å². The van der Waals surface area contributed by atoms with Crippen molar-refractivity contribution < 1.29 is 4.92 Å². The van der Waals surface area contributed by atoms with Gasteiger partial charge >= 0.3 is 5.69 Å². The maximum Gasteiger partial charge on any atom is 0.329 e. The molecular weight excluding hydrogens is 198 g/mol. The Morgan fingerprint density at radius 1 is 1.47 bits per heavy atom. The Morgan fingerprint density at radius 2 is 2.13 bits per heavy atom. The first kappa shape index (κ1) is 9.63. The first-order valence-corrected chi connectivity index (χ1v) is 4.70. The van der Waals surface area contributed by atoms with Crippen LogP contribution in [0.15, 0.2) is 6.20 Å². The molecule has 0 saturated carbocycles. The normalized spacial score (nSPS) is 15.6. The van der Waals surface area contributed by atoms with E-state index in [1.807, 2.05) is 4.90 Å². The number of aromatic nitrogens is 2. The van der Waals surface area contributed by atoms with Crippen LogP contribution in [0.2, 0.25) is 0 Å². The Bertz CT molecular complexity index is 389. The molecule has 80 valence electrons. The number of nitrogens with zero attached hydrogens (tertiary/aromatic N) is 4. The average Bonchev–Trinajstić information content (AvgIpc) is 2.69. The lowest BCUT2D eigenvalue weighted by Gasteiger charge is -2.14. The summed E-state index contributed by atoms with van der Waals surface area (Å²) in [6, 6.07) is 0. The second-order valence-electron chi connectivity index (χ2n) is 3.39. The molecule has 0 bridgehead atoms. The van der Waals surface area contributed by atoms with Gasteiger partial charge in [-0.1, -0.05) is 0 Å². The largest absolute Gasteiger partial charge is 0.378 e. The van der Waals surface area contributed by atoms with E-state index in [0.29, 0.717) is 5.95 Å². The van der Waals surface area contributed by atoms with E-state index in [1.165, 1.54) is 0 Å². The molecule has 2 N–H and O–H groups in total. The lowest BCUT2D eigenvalue weighted by Crippen LogP contribution is -2.21. The minimum atomic E-state index is -0.580.